The first-order valence-corrected chi connectivity index (χ1v) is 5.01. The average molecular weight is 208 g/mol. The number of phenols is 1. The Morgan fingerprint density at radius 2 is 2.20 bits per heavy atom. The maximum Gasteiger partial charge on any atom is 0.337 e. The van der Waals surface area contributed by atoms with Crippen molar-refractivity contribution in [3.8, 4) is 5.75 Å². The Bertz CT molecular complexity index is 358. The topological polar surface area (TPSA) is 46.5 Å². The molecule has 15 heavy (non-hydrogen) atoms. The molecule has 0 fully saturated rings. The van der Waals surface area contributed by atoms with Crippen molar-refractivity contribution >= 4 is 5.97 Å². The van der Waals surface area contributed by atoms with Crippen LogP contribution in [0.1, 0.15) is 42.1 Å². The van der Waals surface area contributed by atoms with E-state index in [1.54, 1.807) is 12.1 Å². The molecule has 1 rings (SSSR count). The van der Waals surface area contributed by atoms with Crippen LogP contribution in [0.2, 0.25) is 0 Å². The van der Waals surface area contributed by atoms with Gasteiger partial charge in [-0.05, 0) is 36.1 Å². The molecule has 3 nitrogen and oxygen atoms in total. The summed E-state index contributed by atoms with van der Waals surface area (Å²) in [5.41, 5.74) is 1.27. The summed E-state index contributed by atoms with van der Waals surface area (Å²) in [6.07, 6.45) is 0.915. The number of benzene rings is 1. The zero-order valence-electron chi connectivity index (χ0n) is 9.28. The first-order chi connectivity index (χ1) is 7.10. The number of esters is 1. The maximum atomic E-state index is 11.3. The van der Waals surface area contributed by atoms with Crippen LogP contribution >= 0.6 is 0 Å². The van der Waals surface area contributed by atoms with Gasteiger partial charge in [-0.2, -0.15) is 0 Å². The van der Waals surface area contributed by atoms with Gasteiger partial charge in [0.05, 0.1) is 12.7 Å². The predicted octanol–water partition coefficient (Wildman–Crippen LogP) is 2.69. The van der Waals surface area contributed by atoms with E-state index in [1.807, 2.05) is 13.8 Å². The second kappa shape index (κ2) is 4.82. The van der Waals surface area contributed by atoms with Gasteiger partial charge in [-0.25, -0.2) is 4.79 Å². The number of carbonyl (C=O) groups is 1. The number of hydrogen-bond donors (Lipinski definition) is 1. The molecule has 0 saturated heterocycles. The summed E-state index contributed by atoms with van der Waals surface area (Å²) in [7, 11) is 1.35. The average Bonchev–Trinajstić information content (AvgIpc) is 2.27. The van der Waals surface area contributed by atoms with Crippen molar-refractivity contribution in [2.24, 2.45) is 0 Å². The van der Waals surface area contributed by atoms with Crippen molar-refractivity contribution in [2.75, 3.05) is 7.11 Å². The van der Waals surface area contributed by atoms with Crippen molar-refractivity contribution < 1.29 is 14.6 Å². The molecule has 0 aliphatic carbocycles. The molecule has 1 atom stereocenters. The molecule has 0 aliphatic rings. The Balaban J connectivity index is 3.10. The molecule has 82 valence electrons. The first kappa shape index (κ1) is 11.6. The van der Waals surface area contributed by atoms with E-state index in [2.05, 4.69) is 4.74 Å². The van der Waals surface area contributed by atoms with Crippen molar-refractivity contribution in [2.45, 2.75) is 26.2 Å². The fraction of sp³-hybridized carbons (Fsp3) is 0.417. The molecule has 0 aromatic heterocycles. The van der Waals surface area contributed by atoms with Gasteiger partial charge in [0.1, 0.15) is 5.75 Å². The minimum Gasteiger partial charge on any atom is -0.508 e. The van der Waals surface area contributed by atoms with Gasteiger partial charge in [-0.1, -0.05) is 13.8 Å². The highest BCUT2D eigenvalue weighted by molar-refractivity contribution is 5.89. The summed E-state index contributed by atoms with van der Waals surface area (Å²) in [5, 5.41) is 9.64. The summed E-state index contributed by atoms with van der Waals surface area (Å²) in [5.74, 6) is 0.0890. The normalized spacial score (nSPS) is 12.2. The fourth-order valence-electron chi connectivity index (χ4n) is 1.41. The predicted molar refractivity (Wildman–Crippen MR) is 58.2 cm³/mol. The molecule has 1 aromatic rings. The Labute approximate surface area is 89.7 Å². The Kier molecular flexibility index (Phi) is 3.72. The standard InChI is InChI=1S/C12H16O3/c1-4-8(2)10-7-9(12(14)15-3)5-6-11(10)13/h5-8,13H,4H2,1-3H3. The van der Waals surface area contributed by atoms with E-state index in [4.69, 9.17) is 0 Å². The highest BCUT2D eigenvalue weighted by atomic mass is 16.5. The van der Waals surface area contributed by atoms with Crippen LogP contribution in [0.5, 0.6) is 5.75 Å². The molecule has 0 aliphatic heterocycles. The van der Waals surface area contributed by atoms with Crippen LogP contribution in [0.3, 0.4) is 0 Å². The number of hydrogen-bond acceptors (Lipinski definition) is 3. The van der Waals surface area contributed by atoms with E-state index >= 15 is 0 Å². The molecular formula is C12H16O3. The van der Waals surface area contributed by atoms with Gasteiger partial charge < -0.3 is 9.84 Å². The van der Waals surface area contributed by atoms with E-state index in [0.717, 1.165) is 12.0 Å². The molecule has 0 bridgehead atoms. The summed E-state index contributed by atoms with van der Waals surface area (Å²) < 4.78 is 4.62. The zero-order chi connectivity index (χ0) is 11.4. The smallest absolute Gasteiger partial charge is 0.337 e. The number of phenolic OH excluding ortho intramolecular Hbond substituents is 1. The van der Waals surface area contributed by atoms with E-state index in [0.29, 0.717) is 5.56 Å². The minimum atomic E-state index is -0.375. The largest absolute Gasteiger partial charge is 0.508 e. The first-order valence-electron chi connectivity index (χ1n) is 5.01. The van der Waals surface area contributed by atoms with Crippen LogP contribution in [0.25, 0.3) is 0 Å². The van der Waals surface area contributed by atoms with Crippen molar-refractivity contribution in [3.63, 3.8) is 0 Å². The van der Waals surface area contributed by atoms with E-state index in [-0.39, 0.29) is 17.6 Å². The molecule has 0 saturated carbocycles. The third-order valence-electron chi connectivity index (χ3n) is 2.59. The quantitative estimate of drug-likeness (QED) is 0.777. The highest BCUT2D eigenvalue weighted by Crippen LogP contribution is 2.28. The molecule has 0 heterocycles. The van der Waals surface area contributed by atoms with Crippen molar-refractivity contribution in [1.82, 2.24) is 0 Å². The zero-order valence-corrected chi connectivity index (χ0v) is 9.28. The minimum absolute atomic E-state index is 0.231. The van der Waals surface area contributed by atoms with Gasteiger partial charge in [-0.15, -0.1) is 0 Å². The van der Waals surface area contributed by atoms with E-state index in [9.17, 15) is 9.90 Å². The van der Waals surface area contributed by atoms with Gasteiger partial charge in [0.25, 0.3) is 0 Å². The number of ether oxygens (including phenoxy) is 1. The van der Waals surface area contributed by atoms with Gasteiger partial charge >= 0.3 is 5.97 Å². The van der Waals surface area contributed by atoms with Gasteiger partial charge in [-0.3, -0.25) is 0 Å². The van der Waals surface area contributed by atoms with E-state index < -0.39 is 0 Å². The second-order valence-electron chi connectivity index (χ2n) is 3.57. The highest BCUT2D eigenvalue weighted by Gasteiger charge is 2.12. The molecular weight excluding hydrogens is 192 g/mol. The molecule has 0 radical (unpaired) electrons. The third kappa shape index (κ3) is 2.49. The van der Waals surface area contributed by atoms with Crippen molar-refractivity contribution in [1.29, 1.82) is 0 Å². The van der Waals surface area contributed by atoms with Crippen LogP contribution in [0, 0.1) is 0 Å². The summed E-state index contributed by atoms with van der Waals surface area (Å²) in [4.78, 5) is 11.3. The SMILES string of the molecule is CCC(C)c1cc(C(=O)OC)ccc1O. The summed E-state index contributed by atoms with van der Waals surface area (Å²) >= 11 is 0. The third-order valence-corrected chi connectivity index (χ3v) is 2.59. The van der Waals surface area contributed by atoms with E-state index in [1.165, 1.54) is 13.2 Å². The number of rotatable bonds is 3. The Morgan fingerprint density at radius 1 is 1.53 bits per heavy atom. The van der Waals surface area contributed by atoms with Gasteiger partial charge in [0.15, 0.2) is 0 Å². The lowest BCUT2D eigenvalue weighted by molar-refractivity contribution is 0.0600. The lowest BCUT2D eigenvalue weighted by atomic mass is 9.96. The second-order valence-corrected chi connectivity index (χ2v) is 3.57. The lowest BCUT2D eigenvalue weighted by Gasteiger charge is -2.12. The molecule has 3 heteroatoms. The van der Waals surface area contributed by atoms with Gasteiger partial charge in [0, 0.05) is 0 Å². The van der Waals surface area contributed by atoms with Crippen LogP contribution < -0.4 is 0 Å². The summed E-state index contributed by atoms with van der Waals surface area (Å²) in [6, 6.07) is 4.79. The van der Waals surface area contributed by atoms with Crippen LogP contribution in [0.4, 0.5) is 0 Å². The van der Waals surface area contributed by atoms with Crippen LogP contribution in [-0.2, 0) is 4.74 Å². The maximum absolute atomic E-state index is 11.3. The molecule has 0 spiro atoms. The van der Waals surface area contributed by atoms with Crippen LogP contribution in [-0.4, -0.2) is 18.2 Å². The number of methoxy groups -OCH3 is 1. The monoisotopic (exact) mass is 208 g/mol. The molecule has 1 aromatic carbocycles. The van der Waals surface area contributed by atoms with Crippen molar-refractivity contribution in [3.05, 3.63) is 29.3 Å². The molecule has 0 amide bonds. The lowest BCUT2D eigenvalue weighted by Crippen LogP contribution is -2.03. The van der Waals surface area contributed by atoms with Crippen LogP contribution in [0.15, 0.2) is 18.2 Å². The number of carbonyl (C=O) groups excluding carboxylic acids is 1. The Morgan fingerprint density at radius 3 is 2.73 bits per heavy atom. The summed E-state index contributed by atoms with van der Waals surface area (Å²) in [6.45, 7) is 4.05. The fourth-order valence-corrected chi connectivity index (χ4v) is 1.41. The molecule has 1 unspecified atom stereocenters. The molecule has 1 N–H and O–H groups in total. The Hall–Kier alpha value is -1.51. The number of aromatic hydroxyl groups is 1. The van der Waals surface area contributed by atoms with Gasteiger partial charge in [0.2, 0.25) is 0 Å².